The summed E-state index contributed by atoms with van der Waals surface area (Å²) in [7, 11) is 1.65. The third kappa shape index (κ3) is 6.35. The Morgan fingerprint density at radius 1 is 1.07 bits per heavy atom. The Hall–Kier alpha value is -2.80. The molecular weight excluding hydrogens is 386 g/mol. The lowest BCUT2D eigenvalue weighted by Gasteiger charge is -2.17. The van der Waals surface area contributed by atoms with Crippen molar-refractivity contribution in [3.63, 3.8) is 0 Å². The Morgan fingerprint density at radius 2 is 1.70 bits per heavy atom. The maximum atomic E-state index is 12.5. The zero-order chi connectivity index (χ0) is 22.1. The van der Waals surface area contributed by atoms with E-state index in [1.54, 1.807) is 31.4 Å². The molecule has 1 aromatic heterocycles. The Labute approximate surface area is 177 Å². The highest BCUT2D eigenvalue weighted by Gasteiger charge is 2.19. The van der Waals surface area contributed by atoms with Crippen molar-refractivity contribution >= 4 is 11.8 Å². The quantitative estimate of drug-likeness (QED) is 0.385. The summed E-state index contributed by atoms with van der Waals surface area (Å²) in [6, 6.07) is 9.10. The number of esters is 1. The molecule has 1 aromatic carbocycles. The van der Waals surface area contributed by atoms with Crippen LogP contribution in [0.1, 0.15) is 48.1 Å². The van der Waals surface area contributed by atoms with Crippen molar-refractivity contribution in [2.45, 2.75) is 40.2 Å². The summed E-state index contributed by atoms with van der Waals surface area (Å²) in [5, 5.41) is 0. The first-order valence-electron chi connectivity index (χ1n) is 10.1. The Balaban J connectivity index is 1.80. The van der Waals surface area contributed by atoms with E-state index in [0.29, 0.717) is 24.5 Å². The predicted molar refractivity (Wildman–Crippen MR) is 114 cm³/mol. The zero-order valence-corrected chi connectivity index (χ0v) is 18.4. The van der Waals surface area contributed by atoms with E-state index < -0.39 is 5.97 Å². The number of ether oxygens (including phenoxy) is 4. The van der Waals surface area contributed by atoms with Crippen LogP contribution in [0, 0.1) is 13.8 Å². The van der Waals surface area contributed by atoms with Gasteiger partial charge in [0.1, 0.15) is 11.5 Å². The van der Waals surface area contributed by atoms with Gasteiger partial charge >= 0.3 is 5.97 Å². The fraction of sp³-hybridized carbons (Fsp3) is 0.478. The largest absolute Gasteiger partial charge is 0.494 e. The van der Waals surface area contributed by atoms with Gasteiger partial charge in [0.25, 0.3) is 0 Å². The van der Waals surface area contributed by atoms with Gasteiger partial charge in [-0.1, -0.05) is 0 Å². The van der Waals surface area contributed by atoms with Crippen LogP contribution >= 0.6 is 0 Å². The van der Waals surface area contributed by atoms with E-state index in [0.717, 1.165) is 17.1 Å². The minimum atomic E-state index is -0.476. The summed E-state index contributed by atoms with van der Waals surface area (Å²) in [5.41, 5.74) is 2.38. The number of aromatic nitrogens is 1. The first kappa shape index (κ1) is 23.5. The number of carbonyl (C=O) groups excluding carboxylic acids is 2. The maximum Gasteiger partial charge on any atom is 0.309 e. The van der Waals surface area contributed by atoms with Gasteiger partial charge in [0.05, 0.1) is 32.3 Å². The third-order valence-corrected chi connectivity index (χ3v) is 4.71. The van der Waals surface area contributed by atoms with Crippen molar-refractivity contribution in [2.24, 2.45) is 0 Å². The first-order valence-corrected chi connectivity index (χ1v) is 10.1. The fourth-order valence-corrected chi connectivity index (χ4v) is 3.40. The number of carbonyl (C=O) groups is 2. The van der Waals surface area contributed by atoms with Crippen molar-refractivity contribution in [2.75, 3.05) is 33.5 Å². The van der Waals surface area contributed by atoms with Gasteiger partial charge in [-0.05, 0) is 58.0 Å². The van der Waals surface area contributed by atoms with E-state index in [1.165, 1.54) is 0 Å². The average Bonchev–Trinajstić information content (AvgIpc) is 3.02. The van der Waals surface area contributed by atoms with E-state index in [-0.39, 0.29) is 31.5 Å². The molecule has 0 fully saturated rings. The molecule has 0 bridgehead atoms. The molecule has 0 spiro atoms. The van der Waals surface area contributed by atoms with Gasteiger partial charge in [-0.3, -0.25) is 9.59 Å². The average molecular weight is 418 g/mol. The first-order chi connectivity index (χ1) is 14.4. The van der Waals surface area contributed by atoms with Crippen molar-refractivity contribution in [3.05, 3.63) is 47.3 Å². The molecule has 0 aliphatic rings. The Bertz CT molecular complexity index is 840. The normalized spacial score (nSPS) is 11.8. The van der Waals surface area contributed by atoms with Crippen LogP contribution in [0.2, 0.25) is 0 Å². The molecule has 1 atom stereocenters. The predicted octanol–water partition coefficient (Wildman–Crippen LogP) is 3.91. The topological polar surface area (TPSA) is 76.0 Å². The van der Waals surface area contributed by atoms with Gasteiger partial charge in [-0.25, -0.2) is 0 Å². The van der Waals surface area contributed by atoms with E-state index in [1.807, 2.05) is 33.8 Å². The fourth-order valence-electron chi connectivity index (χ4n) is 3.40. The molecule has 0 aliphatic carbocycles. The molecule has 2 aromatic rings. The van der Waals surface area contributed by atoms with Crippen LogP contribution < -0.4 is 9.47 Å². The molecule has 2 rings (SSSR count). The maximum absolute atomic E-state index is 12.5. The number of benzene rings is 1. The molecule has 7 heteroatoms. The SMILES string of the molecule is CCOc1ccc(OCCC(=O)OCC(=O)c2cc(C)n(C(C)COC)c2C)cc1. The summed E-state index contributed by atoms with van der Waals surface area (Å²) in [6.45, 7) is 8.81. The number of aryl methyl sites for hydroxylation is 1. The number of hydrogen-bond acceptors (Lipinski definition) is 6. The second-order valence-electron chi connectivity index (χ2n) is 7.05. The molecule has 1 unspecified atom stereocenters. The minimum absolute atomic E-state index is 0.0599. The summed E-state index contributed by atoms with van der Waals surface area (Å²) >= 11 is 0. The number of Topliss-reactive ketones (excluding diaryl/α,β-unsaturated/α-hetero) is 1. The molecule has 30 heavy (non-hydrogen) atoms. The molecule has 0 aliphatic heterocycles. The monoisotopic (exact) mass is 417 g/mol. The number of hydrogen-bond donors (Lipinski definition) is 0. The molecule has 0 saturated heterocycles. The van der Waals surface area contributed by atoms with Crippen LogP contribution in [0.15, 0.2) is 30.3 Å². The lowest BCUT2D eigenvalue weighted by atomic mass is 10.1. The van der Waals surface area contributed by atoms with Crippen LogP contribution in [0.25, 0.3) is 0 Å². The second-order valence-corrected chi connectivity index (χ2v) is 7.05. The summed E-state index contributed by atoms with van der Waals surface area (Å²) < 4.78 is 23.3. The summed E-state index contributed by atoms with van der Waals surface area (Å²) in [6.07, 6.45) is 0.0599. The van der Waals surface area contributed by atoms with Crippen LogP contribution in [-0.4, -0.2) is 49.9 Å². The number of ketones is 1. The van der Waals surface area contributed by atoms with Crippen molar-refractivity contribution in [1.29, 1.82) is 0 Å². The number of rotatable bonds is 12. The lowest BCUT2D eigenvalue weighted by Crippen LogP contribution is -2.18. The Morgan fingerprint density at radius 3 is 2.30 bits per heavy atom. The molecule has 0 saturated carbocycles. The van der Waals surface area contributed by atoms with Gasteiger partial charge < -0.3 is 23.5 Å². The van der Waals surface area contributed by atoms with Crippen molar-refractivity contribution < 1.29 is 28.5 Å². The van der Waals surface area contributed by atoms with Crippen LogP contribution in [0.4, 0.5) is 0 Å². The van der Waals surface area contributed by atoms with Crippen molar-refractivity contribution in [3.8, 4) is 11.5 Å². The highest BCUT2D eigenvalue weighted by atomic mass is 16.5. The van der Waals surface area contributed by atoms with Gasteiger partial charge in [0, 0.05) is 24.1 Å². The summed E-state index contributed by atoms with van der Waals surface area (Å²) in [4.78, 5) is 24.5. The molecular formula is C23H31NO6. The molecule has 7 nitrogen and oxygen atoms in total. The zero-order valence-electron chi connectivity index (χ0n) is 18.4. The lowest BCUT2D eigenvalue weighted by molar-refractivity contribution is -0.143. The highest BCUT2D eigenvalue weighted by Crippen LogP contribution is 2.21. The summed E-state index contributed by atoms with van der Waals surface area (Å²) in [5.74, 6) is 0.703. The van der Waals surface area contributed by atoms with E-state index in [9.17, 15) is 9.59 Å². The van der Waals surface area contributed by atoms with Gasteiger partial charge in [-0.2, -0.15) is 0 Å². The van der Waals surface area contributed by atoms with Gasteiger partial charge in [-0.15, -0.1) is 0 Å². The van der Waals surface area contributed by atoms with Gasteiger partial charge in [0.15, 0.2) is 6.61 Å². The van der Waals surface area contributed by atoms with Crippen LogP contribution in [0.5, 0.6) is 11.5 Å². The van der Waals surface area contributed by atoms with Gasteiger partial charge in [0.2, 0.25) is 5.78 Å². The van der Waals surface area contributed by atoms with E-state index >= 15 is 0 Å². The highest BCUT2D eigenvalue weighted by molar-refractivity contribution is 5.99. The molecule has 164 valence electrons. The van der Waals surface area contributed by atoms with E-state index in [4.69, 9.17) is 18.9 Å². The smallest absolute Gasteiger partial charge is 0.309 e. The molecule has 0 N–H and O–H groups in total. The van der Waals surface area contributed by atoms with Crippen LogP contribution in [0.3, 0.4) is 0 Å². The molecule has 0 amide bonds. The number of methoxy groups -OCH3 is 1. The Kier molecular flexibility index (Phi) is 8.92. The van der Waals surface area contributed by atoms with E-state index in [2.05, 4.69) is 4.57 Å². The standard InChI is InChI=1S/C23H31NO6/c1-6-28-19-7-9-20(10-8-19)29-12-11-23(26)30-15-22(25)21-13-16(2)24(18(21)4)17(3)14-27-5/h7-10,13,17H,6,11-12,14-15H2,1-5H3. The minimum Gasteiger partial charge on any atom is -0.494 e. The number of nitrogens with zero attached hydrogens (tertiary/aromatic N) is 1. The third-order valence-electron chi connectivity index (χ3n) is 4.71. The second kappa shape index (κ2) is 11.4. The molecule has 1 heterocycles. The van der Waals surface area contributed by atoms with Crippen molar-refractivity contribution in [1.82, 2.24) is 4.57 Å². The molecule has 0 radical (unpaired) electrons. The van der Waals surface area contributed by atoms with Crippen LogP contribution in [-0.2, 0) is 14.3 Å².